The molecular formula is C10H22N2. The van der Waals surface area contributed by atoms with Crippen LogP contribution in [0.25, 0.3) is 0 Å². The highest BCUT2D eigenvalue weighted by Gasteiger charge is 2.24. The molecule has 72 valence electrons. The first-order valence-corrected chi connectivity index (χ1v) is 5.24. The van der Waals surface area contributed by atoms with Crippen LogP contribution < -0.4 is 5.32 Å². The second-order valence-corrected chi connectivity index (χ2v) is 3.71. The van der Waals surface area contributed by atoms with E-state index in [2.05, 4.69) is 31.0 Å². The third-order valence-corrected chi connectivity index (χ3v) is 3.17. The van der Waals surface area contributed by atoms with Crippen molar-refractivity contribution in [1.82, 2.24) is 10.2 Å². The van der Waals surface area contributed by atoms with Crippen LogP contribution in [-0.4, -0.2) is 37.1 Å². The minimum absolute atomic E-state index is 0.759. The predicted molar refractivity (Wildman–Crippen MR) is 53.4 cm³/mol. The molecule has 12 heavy (non-hydrogen) atoms. The van der Waals surface area contributed by atoms with Gasteiger partial charge in [0.05, 0.1) is 0 Å². The fourth-order valence-corrected chi connectivity index (χ4v) is 2.19. The SMILES string of the molecule is CCN(CC)C(C)C1CCNC1. The smallest absolute Gasteiger partial charge is 0.0108 e. The van der Waals surface area contributed by atoms with Crippen LogP contribution in [-0.2, 0) is 0 Å². The number of nitrogens with zero attached hydrogens (tertiary/aromatic N) is 1. The molecule has 1 aliphatic heterocycles. The average molecular weight is 170 g/mol. The Morgan fingerprint density at radius 2 is 2.08 bits per heavy atom. The van der Waals surface area contributed by atoms with Crippen LogP contribution in [0.15, 0.2) is 0 Å². The maximum atomic E-state index is 3.43. The van der Waals surface area contributed by atoms with E-state index in [9.17, 15) is 0 Å². The summed E-state index contributed by atoms with van der Waals surface area (Å²) in [6, 6.07) is 0.759. The van der Waals surface area contributed by atoms with E-state index in [1.54, 1.807) is 0 Å². The Kier molecular flexibility index (Phi) is 4.02. The third kappa shape index (κ3) is 2.20. The van der Waals surface area contributed by atoms with Gasteiger partial charge in [0.1, 0.15) is 0 Å². The van der Waals surface area contributed by atoms with Crippen LogP contribution in [0.1, 0.15) is 27.2 Å². The molecule has 1 heterocycles. The van der Waals surface area contributed by atoms with E-state index < -0.39 is 0 Å². The van der Waals surface area contributed by atoms with Crippen molar-refractivity contribution in [2.75, 3.05) is 26.2 Å². The standard InChI is InChI=1S/C10H22N2/c1-4-12(5-2)9(3)10-6-7-11-8-10/h9-11H,4-8H2,1-3H3. The lowest BCUT2D eigenvalue weighted by molar-refractivity contribution is 0.178. The molecule has 1 N–H and O–H groups in total. The molecule has 2 nitrogen and oxygen atoms in total. The normalized spacial score (nSPS) is 26.5. The van der Waals surface area contributed by atoms with E-state index in [0.29, 0.717) is 0 Å². The van der Waals surface area contributed by atoms with E-state index in [4.69, 9.17) is 0 Å². The molecular weight excluding hydrogens is 148 g/mol. The largest absolute Gasteiger partial charge is 0.316 e. The first-order chi connectivity index (χ1) is 5.79. The van der Waals surface area contributed by atoms with Gasteiger partial charge in [-0.1, -0.05) is 13.8 Å². The van der Waals surface area contributed by atoms with Gasteiger partial charge in [0.15, 0.2) is 0 Å². The molecule has 0 radical (unpaired) electrons. The minimum Gasteiger partial charge on any atom is -0.316 e. The Morgan fingerprint density at radius 3 is 2.50 bits per heavy atom. The summed E-state index contributed by atoms with van der Waals surface area (Å²) in [6.07, 6.45) is 1.36. The topological polar surface area (TPSA) is 15.3 Å². The van der Waals surface area contributed by atoms with Crippen molar-refractivity contribution < 1.29 is 0 Å². The van der Waals surface area contributed by atoms with Gasteiger partial charge in [0.25, 0.3) is 0 Å². The monoisotopic (exact) mass is 170 g/mol. The highest BCUT2D eigenvalue weighted by molar-refractivity contribution is 4.81. The van der Waals surface area contributed by atoms with Gasteiger partial charge >= 0.3 is 0 Å². The fourth-order valence-electron chi connectivity index (χ4n) is 2.19. The second-order valence-electron chi connectivity index (χ2n) is 3.71. The van der Waals surface area contributed by atoms with Gasteiger partial charge in [-0.25, -0.2) is 0 Å². The quantitative estimate of drug-likeness (QED) is 0.684. The van der Waals surface area contributed by atoms with E-state index in [1.807, 2.05) is 0 Å². The zero-order valence-corrected chi connectivity index (χ0v) is 8.64. The van der Waals surface area contributed by atoms with Crippen LogP contribution in [0.4, 0.5) is 0 Å². The molecule has 0 saturated carbocycles. The molecule has 1 aliphatic rings. The molecule has 0 aromatic heterocycles. The summed E-state index contributed by atoms with van der Waals surface area (Å²) >= 11 is 0. The molecule has 1 fully saturated rings. The lowest BCUT2D eigenvalue weighted by Gasteiger charge is -2.30. The molecule has 0 aromatic carbocycles. The van der Waals surface area contributed by atoms with Crippen LogP contribution >= 0.6 is 0 Å². The summed E-state index contributed by atoms with van der Waals surface area (Å²) < 4.78 is 0. The Morgan fingerprint density at radius 1 is 1.42 bits per heavy atom. The molecule has 0 aliphatic carbocycles. The first-order valence-electron chi connectivity index (χ1n) is 5.24. The summed E-state index contributed by atoms with van der Waals surface area (Å²) in [7, 11) is 0. The highest BCUT2D eigenvalue weighted by Crippen LogP contribution is 2.17. The second kappa shape index (κ2) is 4.83. The summed E-state index contributed by atoms with van der Waals surface area (Å²) in [6.45, 7) is 11.7. The van der Waals surface area contributed by atoms with Crippen LogP contribution in [0.5, 0.6) is 0 Å². The highest BCUT2D eigenvalue weighted by atomic mass is 15.1. The molecule has 0 spiro atoms. The first kappa shape index (κ1) is 10.0. The number of nitrogens with one attached hydrogen (secondary N) is 1. The van der Waals surface area contributed by atoms with Crippen molar-refractivity contribution in [1.29, 1.82) is 0 Å². The zero-order valence-electron chi connectivity index (χ0n) is 8.64. The van der Waals surface area contributed by atoms with Crippen molar-refractivity contribution in [3.63, 3.8) is 0 Å². The van der Waals surface area contributed by atoms with Crippen molar-refractivity contribution in [3.8, 4) is 0 Å². The molecule has 1 rings (SSSR count). The molecule has 0 aromatic rings. The summed E-state index contributed by atoms with van der Waals surface area (Å²) in [5.41, 5.74) is 0. The molecule has 2 heteroatoms. The lowest BCUT2D eigenvalue weighted by atomic mass is 9.99. The summed E-state index contributed by atoms with van der Waals surface area (Å²) in [5, 5.41) is 3.43. The van der Waals surface area contributed by atoms with Gasteiger partial charge in [-0.3, -0.25) is 0 Å². The number of hydrogen-bond donors (Lipinski definition) is 1. The zero-order chi connectivity index (χ0) is 8.97. The van der Waals surface area contributed by atoms with Crippen molar-refractivity contribution in [2.24, 2.45) is 5.92 Å². The lowest BCUT2D eigenvalue weighted by Crippen LogP contribution is -2.39. The maximum Gasteiger partial charge on any atom is 0.0108 e. The van der Waals surface area contributed by atoms with Crippen molar-refractivity contribution in [3.05, 3.63) is 0 Å². The van der Waals surface area contributed by atoms with Gasteiger partial charge < -0.3 is 10.2 Å². The molecule has 2 atom stereocenters. The van der Waals surface area contributed by atoms with Crippen molar-refractivity contribution >= 4 is 0 Å². The van der Waals surface area contributed by atoms with Gasteiger partial charge in [-0.2, -0.15) is 0 Å². The Hall–Kier alpha value is -0.0800. The Bertz CT molecular complexity index is 113. The Labute approximate surface area is 76.3 Å². The summed E-state index contributed by atoms with van der Waals surface area (Å²) in [4.78, 5) is 2.55. The van der Waals surface area contributed by atoms with Gasteiger partial charge in [0, 0.05) is 6.04 Å². The third-order valence-electron chi connectivity index (χ3n) is 3.17. The number of rotatable bonds is 4. The van der Waals surface area contributed by atoms with E-state index in [0.717, 1.165) is 12.0 Å². The predicted octanol–water partition coefficient (Wildman–Crippen LogP) is 1.33. The van der Waals surface area contributed by atoms with Crippen LogP contribution in [0.2, 0.25) is 0 Å². The number of hydrogen-bond acceptors (Lipinski definition) is 2. The van der Waals surface area contributed by atoms with Gasteiger partial charge in [0.2, 0.25) is 0 Å². The molecule has 0 amide bonds. The maximum absolute atomic E-state index is 3.43. The molecule has 1 saturated heterocycles. The Balaban J connectivity index is 2.37. The molecule has 0 bridgehead atoms. The van der Waals surface area contributed by atoms with E-state index in [-0.39, 0.29) is 0 Å². The van der Waals surface area contributed by atoms with E-state index >= 15 is 0 Å². The van der Waals surface area contributed by atoms with Gasteiger partial charge in [-0.05, 0) is 45.4 Å². The van der Waals surface area contributed by atoms with Gasteiger partial charge in [-0.15, -0.1) is 0 Å². The van der Waals surface area contributed by atoms with E-state index in [1.165, 1.54) is 32.6 Å². The molecule has 2 unspecified atom stereocenters. The van der Waals surface area contributed by atoms with Crippen LogP contribution in [0, 0.1) is 5.92 Å². The average Bonchev–Trinajstić information content (AvgIpc) is 2.58. The van der Waals surface area contributed by atoms with Crippen LogP contribution in [0.3, 0.4) is 0 Å². The fraction of sp³-hybridized carbons (Fsp3) is 1.00. The minimum atomic E-state index is 0.759. The van der Waals surface area contributed by atoms with Crippen molar-refractivity contribution in [2.45, 2.75) is 33.2 Å². The summed E-state index contributed by atoms with van der Waals surface area (Å²) in [5.74, 6) is 0.880.